The van der Waals surface area contributed by atoms with Gasteiger partial charge >= 0.3 is 0 Å². The fourth-order valence-corrected chi connectivity index (χ4v) is 2.26. The van der Waals surface area contributed by atoms with E-state index in [1.165, 1.54) is 0 Å². The van der Waals surface area contributed by atoms with Crippen molar-refractivity contribution in [2.75, 3.05) is 18.9 Å². The number of nitrogens with one attached hydrogen (secondary N) is 3. The predicted octanol–water partition coefficient (Wildman–Crippen LogP) is 0.424. The lowest BCUT2D eigenvalue weighted by atomic mass is 10.1. The van der Waals surface area contributed by atoms with Gasteiger partial charge in [-0.25, -0.2) is 0 Å². The summed E-state index contributed by atoms with van der Waals surface area (Å²) in [5.41, 5.74) is 3.07. The van der Waals surface area contributed by atoms with Crippen LogP contribution in [-0.4, -0.2) is 37.5 Å². The van der Waals surface area contributed by atoms with Crippen molar-refractivity contribution < 1.29 is 14.5 Å². The summed E-state index contributed by atoms with van der Waals surface area (Å²) in [5.74, 6) is -0.0446. The maximum atomic E-state index is 12.2. The molecule has 2 amide bonds. The molecule has 1 aliphatic rings. The summed E-state index contributed by atoms with van der Waals surface area (Å²) in [5, 5.41) is 5.92. The minimum Gasteiger partial charge on any atom is -0.348 e. The van der Waals surface area contributed by atoms with Gasteiger partial charge in [0.05, 0.1) is 7.05 Å². The number of amides is 2. The molecule has 120 valence electrons. The third-order valence-corrected chi connectivity index (χ3v) is 4.37. The Labute approximate surface area is 132 Å². The maximum Gasteiger partial charge on any atom is 0.279 e. The van der Waals surface area contributed by atoms with Crippen LogP contribution in [0.25, 0.3) is 0 Å². The van der Waals surface area contributed by atoms with E-state index in [9.17, 15) is 9.59 Å². The maximum absolute atomic E-state index is 12.2. The molecule has 22 heavy (non-hydrogen) atoms. The van der Waals surface area contributed by atoms with Crippen molar-refractivity contribution in [2.24, 2.45) is 0 Å². The number of aryl methyl sites for hydroxylation is 1. The minimum atomic E-state index is -0.232. The molecule has 0 saturated heterocycles. The van der Waals surface area contributed by atoms with Crippen LogP contribution in [0.4, 0.5) is 5.69 Å². The average Bonchev–Trinajstić information content (AvgIpc) is 3.26. The highest BCUT2D eigenvalue weighted by atomic mass is 16.2. The van der Waals surface area contributed by atoms with Gasteiger partial charge < -0.3 is 15.5 Å². The molecule has 5 heteroatoms. The van der Waals surface area contributed by atoms with Gasteiger partial charge in [-0.3, -0.25) is 9.59 Å². The third kappa shape index (κ3) is 4.31. The second kappa shape index (κ2) is 6.92. The van der Waals surface area contributed by atoms with Crippen molar-refractivity contribution in [1.82, 2.24) is 5.32 Å². The number of anilines is 1. The second-order valence-corrected chi connectivity index (χ2v) is 6.32. The van der Waals surface area contributed by atoms with Gasteiger partial charge in [0.2, 0.25) is 0 Å². The van der Waals surface area contributed by atoms with Gasteiger partial charge in [-0.2, -0.15) is 0 Å². The van der Waals surface area contributed by atoms with Crippen LogP contribution in [0.1, 0.15) is 30.9 Å². The summed E-state index contributed by atoms with van der Waals surface area (Å²) in [6.45, 7) is 6.14. The van der Waals surface area contributed by atoms with Crippen molar-refractivity contribution in [3.63, 3.8) is 0 Å². The highest BCUT2D eigenvalue weighted by molar-refractivity contribution is 5.92. The Kier molecular flexibility index (Phi) is 5.19. The number of quaternary nitrogens is 1. The zero-order valence-electron chi connectivity index (χ0n) is 13.8. The molecule has 0 spiro atoms. The largest absolute Gasteiger partial charge is 0.348 e. The van der Waals surface area contributed by atoms with E-state index in [1.54, 1.807) is 0 Å². The van der Waals surface area contributed by atoms with Crippen molar-refractivity contribution >= 4 is 17.5 Å². The number of benzene rings is 1. The lowest BCUT2D eigenvalue weighted by Gasteiger charge is -2.21. The minimum absolute atomic E-state index is 0.0273. The number of hydrogen-bond acceptors (Lipinski definition) is 2. The highest BCUT2D eigenvalue weighted by Gasteiger charge is 2.29. The topological polar surface area (TPSA) is 62.6 Å². The van der Waals surface area contributed by atoms with Gasteiger partial charge in [0.15, 0.2) is 12.6 Å². The quantitative estimate of drug-likeness (QED) is 0.713. The van der Waals surface area contributed by atoms with Gasteiger partial charge in [-0.1, -0.05) is 12.1 Å². The summed E-state index contributed by atoms with van der Waals surface area (Å²) < 4.78 is 0. The first kappa shape index (κ1) is 16.5. The lowest BCUT2D eigenvalue weighted by molar-refractivity contribution is -0.885. The summed E-state index contributed by atoms with van der Waals surface area (Å²) in [7, 11) is 1.87. The van der Waals surface area contributed by atoms with Crippen LogP contribution >= 0.6 is 0 Å². The van der Waals surface area contributed by atoms with Gasteiger partial charge in [0, 0.05) is 11.7 Å². The van der Waals surface area contributed by atoms with Crippen molar-refractivity contribution in [1.29, 1.82) is 0 Å². The Bertz CT molecular complexity index is 567. The Hall–Kier alpha value is -1.88. The Morgan fingerprint density at radius 3 is 2.64 bits per heavy atom. The molecule has 1 aromatic rings. The molecule has 5 nitrogen and oxygen atoms in total. The van der Waals surface area contributed by atoms with E-state index < -0.39 is 0 Å². The third-order valence-electron chi connectivity index (χ3n) is 4.37. The van der Waals surface area contributed by atoms with Crippen LogP contribution in [-0.2, 0) is 9.59 Å². The van der Waals surface area contributed by atoms with E-state index in [2.05, 4.69) is 10.6 Å². The fraction of sp³-hybridized carbons (Fsp3) is 0.529. The standard InChI is InChI=1S/C17H25N3O2/c1-11-6-5-7-15(12(11)2)19-16(21)10-20(4)13(3)17(22)18-14-8-9-14/h5-7,13-14H,8-10H2,1-4H3,(H,18,22)(H,19,21)/p+1/t13-/m0/s1. The smallest absolute Gasteiger partial charge is 0.279 e. The van der Waals surface area contributed by atoms with E-state index in [1.807, 2.05) is 46.0 Å². The zero-order valence-corrected chi connectivity index (χ0v) is 13.8. The van der Waals surface area contributed by atoms with Gasteiger partial charge in [0.1, 0.15) is 0 Å². The number of likely N-dealkylation sites (N-methyl/N-ethyl adjacent to an activating group) is 1. The molecule has 1 aliphatic carbocycles. The van der Waals surface area contributed by atoms with Crippen LogP contribution < -0.4 is 15.5 Å². The Balaban J connectivity index is 1.87. The van der Waals surface area contributed by atoms with Crippen LogP contribution in [0.3, 0.4) is 0 Å². The number of carbonyl (C=O) groups excluding carboxylic acids is 2. The fourth-order valence-electron chi connectivity index (χ4n) is 2.26. The first-order valence-electron chi connectivity index (χ1n) is 7.87. The zero-order chi connectivity index (χ0) is 16.3. The van der Waals surface area contributed by atoms with Gasteiger partial charge in [0.25, 0.3) is 11.8 Å². The van der Waals surface area contributed by atoms with Crippen molar-refractivity contribution in [3.05, 3.63) is 29.3 Å². The van der Waals surface area contributed by atoms with E-state index in [0.717, 1.165) is 34.6 Å². The number of hydrogen-bond donors (Lipinski definition) is 3. The highest BCUT2D eigenvalue weighted by Crippen LogP contribution is 2.18. The average molecular weight is 304 g/mol. The molecule has 1 fully saturated rings. The molecule has 1 aromatic carbocycles. The molecule has 0 radical (unpaired) electrons. The van der Waals surface area contributed by atoms with E-state index in [4.69, 9.17) is 0 Å². The summed E-state index contributed by atoms with van der Waals surface area (Å²) in [6, 6.07) is 5.97. The molecular formula is C17H26N3O2+. The van der Waals surface area contributed by atoms with Gasteiger partial charge in [-0.05, 0) is 50.8 Å². The van der Waals surface area contributed by atoms with Crippen molar-refractivity contribution in [2.45, 2.75) is 45.7 Å². The van der Waals surface area contributed by atoms with E-state index in [0.29, 0.717) is 6.04 Å². The second-order valence-electron chi connectivity index (χ2n) is 6.32. The molecule has 3 N–H and O–H groups in total. The predicted molar refractivity (Wildman–Crippen MR) is 86.9 cm³/mol. The summed E-state index contributed by atoms with van der Waals surface area (Å²) >= 11 is 0. The van der Waals surface area contributed by atoms with E-state index in [-0.39, 0.29) is 24.4 Å². The molecule has 0 bridgehead atoms. The molecule has 0 aliphatic heterocycles. The van der Waals surface area contributed by atoms with Crippen LogP contribution in [0.5, 0.6) is 0 Å². The monoisotopic (exact) mass is 304 g/mol. The Morgan fingerprint density at radius 2 is 2.00 bits per heavy atom. The first-order valence-corrected chi connectivity index (χ1v) is 7.87. The number of rotatable bonds is 6. The lowest BCUT2D eigenvalue weighted by Crippen LogP contribution is -3.15. The SMILES string of the molecule is Cc1cccc(NC(=O)C[NH+](C)[C@@H](C)C(=O)NC2CC2)c1C. The molecule has 0 aromatic heterocycles. The van der Waals surface area contributed by atoms with Crippen LogP contribution in [0.15, 0.2) is 18.2 Å². The van der Waals surface area contributed by atoms with Crippen LogP contribution in [0, 0.1) is 13.8 Å². The van der Waals surface area contributed by atoms with E-state index >= 15 is 0 Å². The molecule has 2 atom stereocenters. The summed E-state index contributed by atoms with van der Waals surface area (Å²) in [6.07, 6.45) is 2.15. The summed E-state index contributed by atoms with van der Waals surface area (Å²) in [4.78, 5) is 25.1. The molecule has 0 heterocycles. The molecular weight excluding hydrogens is 278 g/mol. The normalized spacial score (nSPS) is 16.7. The van der Waals surface area contributed by atoms with Crippen LogP contribution in [0.2, 0.25) is 0 Å². The number of carbonyl (C=O) groups is 2. The Morgan fingerprint density at radius 1 is 1.32 bits per heavy atom. The molecule has 2 rings (SSSR count). The molecule has 1 saturated carbocycles. The first-order chi connectivity index (χ1) is 10.4. The van der Waals surface area contributed by atoms with Crippen molar-refractivity contribution in [3.8, 4) is 0 Å². The molecule has 1 unspecified atom stereocenters. The van der Waals surface area contributed by atoms with Gasteiger partial charge in [-0.15, -0.1) is 0 Å².